The van der Waals surface area contributed by atoms with Gasteiger partial charge in [-0.3, -0.25) is 14.3 Å². The molecule has 4 aromatic rings. The highest BCUT2D eigenvalue weighted by atomic mass is 19.4. The van der Waals surface area contributed by atoms with Gasteiger partial charge in [-0.25, -0.2) is 4.79 Å². The third kappa shape index (κ3) is 4.28. The molecule has 2 aromatic carbocycles. The molecule has 0 atom stereocenters. The zero-order chi connectivity index (χ0) is 24.6. The van der Waals surface area contributed by atoms with Crippen LogP contribution < -0.4 is 16.2 Å². The largest absolute Gasteiger partial charge is 0.464 e. The van der Waals surface area contributed by atoms with Crippen molar-refractivity contribution in [3.05, 3.63) is 77.7 Å². The summed E-state index contributed by atoms with van der Waals surface area (Å²) >= 11 is 0. The summed E-state index contributed by atoms with van der Waals surface area (Å²) in [5, 5.41) is 9.78. The van der Waals surface area contributed by atoms with Crippen molar-refractivity contribution in [1.82, 2.24) is 9.55 Å². The van der Waals surface area contributed by atoms with Crippen LogP contribution >= 0.6 is 0 Å². The number of rotatable bonds is 5. The zero-order valence-electron chi connectivity index (χ0n) is 17.3. The van der Waals surface area contributed by atoms with E-state index in [1.165, 1.54) is 24.4 Å². The summed E-state index contributed by atoms with van der Waals surface area (Å²) in [5.74, 6) is -0.362. The van der Waals surface area contributed by atoms with Crippen molar-refractivity contribution in [2.24, 2.45) is 11.5 Å². The molecule has 0 spiro atoms. The first-order valence-corrected chi connectivity index (χ1v) is 9.81. The predicted molar refractivity (Wildman–Crippen MR) is 117 cm³/mol. The molecular formula is C23H17F3N4O4. The van der Waals surface area contributed by atoms with Gasteiger partial charge in [0.25, 0.3) is 0 Å². The number of primary amides is 1. The minimum Gasteiger partial charge on any atom is -0.464 e. The van der Waals surface area contributed by atoms with Crippen molar-refractivity contribution < 1.29 is 32.6 Å². The molecule has 0 radical (unpaired) electrons. The Hall–Kier alpha value is -4.38. The van der Waals surface area contributed by atoms with Gasteiger partial charge in [0.15, 0.2) is 0 Å². The Bertz CT molecular complexity index is 1430. The van der Waals surface area contributed by atoms with Gasteiger partial charge in [-0.05, 0) is 42.0 Å². The van der Waals surface area contributed by atoms with Crippen molar-refractivity contribution >= 4 is 22.9 Å². The van der Waals surface area contributed by atoms with Crippen LogP contribution in [0, 0.1) is 0 Å². The Balaban J connectivity index is 1.91. The normalized spacial score (nSPS) is 11.5. The number of alkyl halides is 3. The van der Waals surface area contributed by atoms with Gasteiger partial charge >= 0.3 is 12.3 Å². The molecule has 0 bridgehead atoms. The lowest BCUT2D eigenvalue weighted by Gasteiger charge is -2.14. The molecular weight excluding hydrogens is 453 g/mol. The molecule has 2 aromatic heterocycles. The highest BCUT2D eigenvalue weighted by Crippen LogP contribution is 2.42. The first kappa shape index (κ1) is 22.8. The maximum absolute atomic E-state index is 13.9. The lowest BCUT2D eigenvalue weighted by atomic mass is 9.96. The minimum atomic E-state index is -4.83. The Morgan fingerprint density at radius 1 is 1.03 bits per heavy atom. The molecule has 0 fully saturated rings. The number of amides is 1. The molecule has 34 heavy (non-hydrogen) atoms. The van der Waals surface area contributed by atoms with Crippen molar-refractivity contribution in [3.63, 3.8) is 0 Å². The molecule has 11 heteroatoms. The number of nitrogens with two attached hydrogens (primary N) is 2. The Labute approximate surface area is 190 Å². The number of fused-ring (bicyclic) bond motifs is 1. The maximum Gasteiger partial charge on any atom is 0.417 e. The van der Waals surface area contributed by atoms with Crippen LogP contribution in [0.4, 0.5) is 18.0 Å². The summed E-state index contributed by atoms with van der Waals surface area (Å²) in [4.78, 5) is 27.3. The number of nitrogens with zero attached hydrogens (tertiary/aromatic N) is 2. The van der Waals surface area contributed by atoms with Crippen LogP contribution in [-0.4, -0.2) is 26.7 Å². The number of hydrogen-bond donors (Lipinski definition) is 3. The van der Waals surface area contributed by atoms with Crippen molar-refractivity contribution in [2.45, 2.75) is 12.7 Å². The summed E-state index contributed by atoms with van der Waals surface area (Å²) in [6.45, 7) is 0.184. The Morgan fingerprint density at radius 3 is 2.41 bits per heavy atom. The zero-order valence-corrected chi connectivity index (χ0v) is 17.3. The highest BCUT2D eigenvalue weighted by Gasteiger charge is 2.35. The fourth-order valence-electron chi connectivity index (χ4n) is 3.58. The van der Waals surface area contributed by atoms with Gasteiger partial charge in [0.1, 0.15) is 11.5 Å². The van der Waals surface area contributed by atoms with Gasteiger partial charge in [0, 0.05) is 41.5 Å². The number of hydrogen-bond acceptors (Lipinski definition) is 5. The van der Waals surface area contributed by atoms with Crippen molar-refractivity contribution in [3.8, 4) is 22.6 Å². The summed E-state index contributed by atoms with van der Waals surface area (Å²) in [7, 11) is 0. The number of halogens is 3. The summed E-state index contributed by atoms with van der Waals surface area (Å²) in [6.07, 6.45) is -3.63. The Morgan fingerprint density at radius 2 is 1.76 bits per heavy atom. The number of benzene rings is 2. The van der Waals surface area contributed by atoms with Crippen molar-refractivity contribution in [2.75, 3.05) is 0 Å². The fraction of sp³-hybridized carbons (Fsp3) is 0.0870. The van der Waals surface area contributed by atoms with Crippen LogP contribution in [0.2, 0.25) is 0 Å². The number of ether oxygens (including phenoxy) is 1. The predicted octanol–water partition coefficient (Wildman–Crippen LogP) is 4.60. The quantitative estimate of drug-likeness (QED) is 0.390. The van der Waals surface area contributed by atoms with Gasteiger partial charge in [0.05, 0.1) is 16.8 Å². The van der Waals surface area contributed by atoms with Gasteiger partial charge < -0.3 is 21.3 Å². The number of aromatic nitrogens is 2. The second-order valence-corrected chi connectivity index (χ2v) is 7.29. The number of carbonyl (C=O) groups excluding carboxylic acids is 1. The van der Waals surface area contributed by atoms with Crippen LogP contribution in [0.3, 0.4) is 0 Å². The average Bonchev–Trinajstić information content (AvgIpc) is 3.17. The molecule has 0 unspecified atom stereocenters. The maximum atomic E-state index is 13.9. The molecule has 8 nitrogen and oxygen atoms in total. The Kier molecular flexibility index (Phi) is 5.71. The van der Waals surface area contributed by atoms with Gasteiger partial charge in [-0.2, -0.15) is 13.2 Å². The molecule has 0 aliphatic rings. The highest BCUT2D eigenvalue weighted by molar-refractivity contribution is 6.02. The van der Waals surface area contributed by atoms with E-state index in [0.29, 0.717) is 17.5 Å². The van der Waals surface area contributed by atoms with E-state index in [4.69, 9.17) is 16.2 Å². The minimum absolute atomic E-state index is 0.0106. The van der Waals surface area contributed by atoms with Crippen LogP contribution in [0.1, 0.15) is 21.6 Å². The second-order valence-electron chi connectivity index (χ2n) is 7.29. The van der Waals surface area contributed by atoms with Gasteiger partial charge in [-0.15, -0.1) is 0 Å². The van der Waals surface area contributed by atoms with E-state index in [-0.39, 0.29) is 39.9 Å². The van der Waals surface area contributed by atoms with E-state index in [0.717, 1.165) is 22.9 Å². The number of pyridine rings is 1. The van der Waals surface area contributed by atoms with E-state index >= 15 is 0 Å². The first-order valence-electron chi connectivity index (χ1n) is 9.81. The van der Waals surface area contributed by atoms with E-state index in [9.17, 15) is 27.9 Å². The molecule has 0 aliphatic heterocycles. The summed E-state index contributed by atoms with van der Waals surface area (Å²) < 4.78 is 48.2. The molecule has 4 rings (SSSR count). The van der Waals surface area contributed by atoms with Crippen molar-refractivity contribution in [1.29, 1.82) is 0 Å². The lowest BCUT2D eigenvalue weighted by Crippen LogP contribution is -2.14. The standard InChI is InChI=1S/C23H17F3N4O4/c24-23(25,26)19-7-12(21(28)31)1-3-16(19)18-11-30(22(32)33)20-4-2-14(9-17(18)20)34-15-5-6-29-13(8-15)10-27/h1-9,11H,10,27H2,(H2,28,31)(H,32,33). The molecule has 174 valence electrons. The van der Waals surface area contributed by atoms with Crippen LogP contribution in [-0.2, 0) is 12.7 Å². The van der Waals surface area contributed by atoms with Gasteiger partial charge in [-0.1, -0.05) is 6.07 Å². The smallest absolute Gasteiger partial charge is 0.417 e. The molecule has 5 N–H and O–H groups in total. The van der Waals surface area contributed by atoms with E-state index in [1.807, 2.05) is 0 Å². The first-order chi connectivity index (χ1) is 16.1. The summed E-state index contributed by atoms with van der Waals surface area (Å²) in [6, 6.07) is 10.4. The number of carboxylic acid groups (broad SMARTS) is 1. The van der Waals surface area contributed by atoms with Crippen LogP contribution in [0.25, 0.3) is 22.0 Å². The lowest BCUT2D eigenvalue weighted by molar-refractivity contribution is -0.137. The van der Waals surface area contributed by atoms with E-state index < -0.39 is 23.7 Å². The molecule has 2 heterocycles. The summed E-state index contributed by atoms with van der Waals surface area (Å²) in [5.41, 5.74) is 9.68. The van der Waals surface area contributed by atoms with E-state index in [2.05, 4.69) is 4.98 Å². The third-order valence-corrected chi connectivity index (χ3v) is 5.11. The molecule has 1 amide bonds. The van der Waals surface area contributed by atoms with Gasteiger partial charge in [0.2, 0.25) is 5.91 Å². The molecule has 0 saturated heterocycles. The SMILES string of the molecule is NCc1cc(Oc2ccc3c(c2)c(-c2ccc(C(N)=O)cc2C(F)(F)F)cn3C(=O)O)ccn1. The number of carbonyl (C=O) groups is 2. The topological polar surface area (TPSA) is 133 Å². The molecule has 0 aliphatic carbocycles. The second kappa shape index (κ2) is 8.52. The average molecular weight is 470 g/mol. The van der Waals surface area contributed by atoms with E-state index in [1.54, 1.807) is 12.1 Å². The van der Waals surface area contributed by atoms with Crippen LogP contribution in [0.5, 0.6) is 11.5 Å². The van der Waals surface area contributed by atoms with Crippen LogP contribution in [0.15, 0.2) is 60.9 Å². The molecule has 0 saturated carbocycles. The fourth-order valence-corrected chi connectivity index (χ4v) is 3.58. The monoisotopic (exact) mass is 470 g/mol. The third-order valence-electron chi connectivity index (χ3n) is 5.11.